The van der Waals surface area contributed by atoms with E-state index in [-0.39, 0.29) is 25.5 Å². The molecule has 0 aliphatic carbocycles. The van der Waals surface area contributed by atoms with Crippen molar-refractivity contribution in [3.8, 4) is 0 Å². The second-order valence-corrected chi connectivity index (χ2v) is 11.2. The zero-order valence-corrected chi connectivity index (χ0v) is 24.2. The molecule has 2 atom stereocenters. The monoisotopic (exact) mass is 566 g/mol. The van der Waals surface area contributed by atoms with E-state index >= 15 is 0 Å². The molecule has 1 aliphatic heterocycles. The quantitative estimate of drug-likeness (QED) is 0.373. The summed E-state index contributed by atoms with van der Waals surface area (Å²) >= 11 is 0. The van der Waals surface area contributed by atoms with Crippen LogP contribution in [-0.2, 0) is 32.1 Å². The Kier molecular flexibility index (Phi) is 11.6. The summed E-state index contributed by atoms with van der Waals surface area (Å²) in [4.78, 5) is 54.6. The maximum absolute atomic E-state index is 14.0. The number of carbonyl (C=O) groups is 4. The molecule has 2 aromatic carbocycles. The molecule has 41 heavy (non-hydrogen) atoms. The number of unbranched alkanes of at least 4 members (excludes halogenated alkanes) is 1. The molecule has 3 N–H and O–H groups in total. The summed E-state index contributed by atoms with van der Waals surface area (Å²) in [6, 6.07) is 17.1. The molecule has 222 valence electrons. The van der Waals surface area contributed by atoms with E-state index in [1.807, 2.05) is 60.7 Å². The number of nitrogens with one attached hydrogen (secondary N) is 1. The minimum absolute atomic E-state index is 0.0518. The third-order valence-electron chi connectivity index (χ3n) is 6.73. The summed E-state index contributed by atoms with van der Waals surface area (Å²) in [6.45, 7) is 6.37. The zero-order chi connectivity index (χ0) is 29.8. The lowest BCUT2D eigenvalue weighted by atomic mass is 10.0. The molecule has 1 heterocycles. The fourth-order valence-electron chi connectivity index (χ4n) is 4.77. The molecule has 3 rings (SSSR count). The van der Waals surface area contributed by atoms with Crippen LogP contribution in [0, 0.1) is 0 Å². The van der Waals surface area contributed by atoms with Crippen molar-refractivity contribution >= 4 is 24.0 Å². The molecule has 0 unspecified atom stereocenters. The second-order valence-electron chi connectivity index (χ2n) is 11.2. The van der Waals surface area contributed by atoms with Gasteiger partial charge in [-0.05, 0) is 57.6 Å². The van der Waals surface area contributed by atoms with Gasteiger partial charge in [0, 0.05) is 26.1 Å². The third kappa shape index (κ3) is 10.1. The molecule has 0 spiro atoms. The Balaban J connectivity index is 1.79. The first-order valence-electron chi connectivity index (χ1n) is 14.1. The lowest BCUT2D eigenvalue weighted by Crippen LogP contribution is -2.55. The average Bonchev–Trinajstić information content (AvgIpc) is 3.43. The van der Waals surface area contributed by atoms with Crippen molar-refractivity contribution in [3.05, 3.63) is 71.8 Å². The summed E-state index contributed by atoms with van der Waals surface area (Å²) < 4.78 is 11.0. The van der Waals surface area contributed by atoms with Gasteiger partial charge in [0.1, 0.15) is 24.3 Å². The van der Waals surface area contributed by atoms with Crippen LogP contribution >= 0.6 is 0 Å². The SMILES string of the molecule is CC(C)(C)OC(=O)NCCCCN(C(=O)OCc1ccccc1)[C@H](Cc1ccccc1)C(=O)N1CCC[C@H]1C(N)=O. The van der Waals surface area contributed by atoms with Crippen LogP contribution in [0.15, 0.2) is 60.7 Å². The number of nitrogens with zero attached hydrogens (tertiary/aromatic N) is 2. The van der Waals surface area contributed by atoms with E-state index in [1.54, 1.807) is 20.8 Å². The molecule has 0 radical (unpaired) electrons. The average molecular weight is 567 g/mol. The molecule has 1 aliphatic rings. The Morgan fingerprint density at radius 3 is 2.24 bits per heavy atom. The van der Waals surface area contributed by atoms with Gasteiger partial charge in [-0.2, -0.15) is 0 Å². The summed E-state index contributed by atoms with van der Waals surface area (Å²) in [5, 5.41) is 2.72. The second kappa shape index (κ2) is 15.1. The molecule has 0 aromatic heterocycles. The third-order valence-corrected chi connectivity index (χ3v) is 6.73. The first kappa shape index (κ1) is 31.4. The van der Waals surface area contributed by atoms with Gasteiger partial charge in [0.15, 0.2) is 0 Å². The van der Waals surface area contributed by atoms with Gasteiger partial charge >= 0.3 is 12.2 Å². The number of rotatable bonds is 12. The normalized spacial score (nSPS) is 15.6. The maximum atomic E-state index is 14.0. The van der Waals surface area contributed by atoms with Crippen molar-refractivity contribution in [3.63, 3.8) is 0 Å². The van der Waals surface area contributed by atoms with Crippen molar-refractivity contribution in [2.75, 3.05) is 19.6 Å². The Morgan fingerprint density at radius 1 is 1.00 bits per heavy atom. The van der Waals surface area contributed by atoms with Gasteiger partial charge in [-0.15, -0.1) is 0 Å². The minimum atomic E-state index is -0.903. The Labute approximate surface area is 242 Å². The maximum Gasteiger partial charge on any atom is 0.410 e. The molecular weight excluding hydrogens is 524 g/mol. The predicted molar refractivity (Wildman–Crippen MR) is 155 cm³/mol. The van der Waals surface area contributed by atoms with E-state index in [1.165, 1.54) is 9.80 Å². The first-order chi connectivity index (χ1) is 19.5. The molecule has 1 saturated heterocycles. The highest BCUT2D eigenvalue weighted by atomic mass is 16.6. The molecule has 4 amide bonds. The fourth-order valence-corrected chi connectivity index (χ4v) is 4.77. The van der Waals surface area contributed by atoms with E-state index in [0.717, 1.165) is 11.1 Å². The predicted octanol–water partition coefficient (Wildman–Crippen LogP) is 4.02. The Bertz CT molecular complexity index is 1150. The molecular formula is C31H42N4O6. The van der Waals surface area contributed by atoms with Crippen molar-refractivity contribution in [2.24, 2.45) is 5.73 Å². The van der Waals surface area contributed by atoms with Crippen molar-refractivity contribution in [2.45, 2.75) is 77.2 Å². The number of primary amides is 1. The van der Waals surface area contributed by atoms with Crippen LogP contribution in [0.1, 0.15) is 57.6 Å². The van der Waals surface area contributed by atoms with Crippen LogP contribution in [0.4, 0.5) is 9.59 Å². The van der Waals surface area contributed by atoms with Crippen LogP contribution in [0.3, 0.4) is 0 Å². The largest absolute Gasteiger partial charge is 0.445 e. The zero-order valence-electron chi connectivity index (χ0n) is 24.2. The highest BCUT2D eigenvalue weighted by Gasteiger charge is 2.40. The lowest BCUT2D eigenvalue weighted by Gasteiger charge is -2.34. The van der Waals surface area contributed by atoms with Crippen molar-refractivity contribution in [1.29, 1.82) is 0 Å². The summed E-state index contributed by atoms with van der Waals surface area (Å²) in [6.07, 6.45) is 1.30. The first-order valence-corrected chi connectivity index (χ1v) is 14.1. The van der Waals surface area contributed by atoms with Crippen LogP contribution in [0.2, 0.25) is 0 Å². The van der Waals surface area contributed by atoms with Gasteiger partial charge in [-0.25, -0.2) is 9.59 Å². The molecule has 2 aromatic rings. The van der Waals surface area contributed by atoms with Gasteiger partial charge in [0.25, 0.3) is 0 Å². The minimum Gasteiger partial charge on any atom is -0.445 e. The molecule has 10 heteroatoms. The summed E-state index contributed by atoms with van der Waals surface area (Å²) in [7, 11) is 0. The smallest absolute Gasteiger partial charge is 0.410 e. The van der Waals surface area contributed by atoms with Crippen molar-refractivity contribution in [1.82, 2.24) is 15.1 Å². The highest BCUT2D eigenvalue weighted by molar-refractivity contribution is 5.91. The lowest BCUT2D eigenvalue weighted by molar-refractivity contribution is -0.141. The van der Waals surface area contributed by atoms with E-state index in [9.17, 15) is 19.2 Å². The topological polar surface area (TPSA) is 131 Å². The number of nitrogens with two attached hydrogens (primary N) is 1. The molecule has 0 saturated carbocycles. The van der Waals surface area contributed by atoms with Crippen LogP contribution in [0.25, 0.3) is 0 Å². The van der Waals surface area contributed by atoms with Gasteiger partial charge in [-0.3, -0.25) is 14.5 Å². The van der Waals surface area contributed by atoms with E-state index in [0.29, 0.717) is 38.8 Å². The number of hydrogen-bond donors (Lipinski definition) is 2. The van der Waals surface area contributed by atoms with Gasteiger partial charge in [-0.1, -0.05) is 60.7 Å². The number of benzene rings is 2. The number of ether oxygens (including phenoxy) is 2. The summed E-state index contributed by atoms with van der Waals surface area (Å²) in [5.41, 5.74) is 6.71. The molecule has 0 bridgehead atoms. The highest BCUT2D eigenvalue weighted by Crippen LogP contribution is 2.22. The fraction of sp³-hybridized carbons (Fsp3) is 0.484. The van der Waals surface area contributed by atoms with Crippen LogP contribution in [0.5, 0.6) is 0 Å². The van der Waals surface area contributed by atoms with Crippen molar-refractivity contribution < 1.29 is 28.7 Å². The van der Waals surface area contributed by atoms with E-state index in [4.69, 9.17) is 15.2 Å². The van der Waals surface area contributed by atoms with Gasteiger partial charge in [0.2, 0.25) is 11.8 Å². The van der Waals surface area contributed by atoms with E-state index < -0.39 is 35.8 Å². The van der Waals surface area contributed by atoms with Crippen LogP contribution < -0.4 is 11.1 Å². The Morgan fingerprint density at radius 2 is 1.63 bits per heavy atom. The number of amides is 4. The van der Waals surface area contributed by atoms with Crippen LogP contribution in [-0.4, -0.2) is 71.1 Å². The summed E-state index contributed by atoms with van der Waals surface area (Å²) in [5.74, 6) is -0.889. The number of hydrogen-bond acceptors (Lipinski definition) is 6. The van der Waals surface area contributed by atoms with E-state index in [2.05, 4.69) is 5.32 Å². The molecule has 1 fully saturated rings. The number of carbonyl (C=O) groups excluding carboxylic acids is 4. The molecule has 10 nitrogen and oxygen atoms in total. The number of likely N-dealkylation sites (tertiary alicyclic amines) is 1. The number of alkyl carbamates (subject to hydrolysis) is 1. The van der Waals surface area contributed by atoms with Gasteiger partial charge in [0.05, 0.1) is 0 Å². The van der Waals surface area contributed by atoms with Gasteiger partial charge < -0.3 is 25.4 Å². The Hall–Kier alpha value is -4.08. The standard InChI is InChI=1S/C31H42N4O6/c1-31(2,3)41-29(38)33-18-10-11-19-35(30(39)40-22-24-15-8-5-9-16-24)26(21-23-13-6-4-7-14-23)28(37)34-20-12-17-25(34)27(32)36/h4-9,13-16,25-26H,10-12,17-22H2,1-3H3,(H2,32,36)(H,33,38)/t25-,26+/m0/s1.